The fourth-order valence-electron chi connectivity index (χ4n) is 2.06. The van der Waals surface area contributed by atoms with Gasteiger partial charge >= 0.3 is 0 Å². The lowest BCUT2D eigenvalue weighted by Crippen LogP contribution is -2.98. The third-order valence-electron chi connectivity index (χ3n) is 2.88. The van der Waals surface area contributed by atoms with Crippen molar-refractivity contribution in [3.63, 3.8) is 0 Å². The molecule has 0 saturated carbocycles. The van der Waals surface area contributed by atoms with Crippen molar-refractivity contribution in [2.75, 3.05) is 11.6 Å². The Labute approximate surface area is 87.7 Å². The SMILES string of the molecule is CC1CC2=C(CN1)N[NH2+]N2c1ccn[nH]1. The smallest absolute Gasteiger partial charge is 0.181 e. The Morgan fingerprint density at radius 1 is 1.60 bits per heavy atom. The minimum atomic E-state index is 0.530. The van der Waals surface area contributed by atoms with E-state index in [0.717, 1.165) is 18.8 Å². The molecule has 0 bridgehead atoms. The average molecular weight is 207 g/mol. The number of anilines is 1. The highest BCUT2D eigenvalue weighted by atomic mass is 15.7. The largest absolute Gasteiger partial charge is 0.308 e. The molecule has 1 aromatic heterocycles. The Balaban J connectivity index is 1.91. The van der Waals surface area contributed by atoms with Gasteiger partial charge in [0, 0.05) is 25.1 Å². The third-order valence-corrected chi connectivity index (χ3v) is 2.88. The fourth-order valence-corrected chi connectivity index (χ4v) is 2.06. The minimum absolute atomic E-state index is 0.530. The number of hydrogen-bond donors (Lipinski definition) is 4. The van der Waals surface area contributed by atoms with Gasteiger partial charge in [-0.15, -0.1) is 5.53 Å². The van der Waals surface area contributed by atoms with Crippen molar-refractivity contribution >= 4 is 5.82 Å². The monoisotopic (exact) mass is 207 g/mol. The molecule has 1 unspecified atom stereocenters. The molecule has 1 aromatic rings. The summed E-state index contributed by atoms with van der Waals surface area (Å²) in [5.74, 6) is 1.02. The Kier molecular flexibility index (Phi) is 1.90. The molecule has 3 rings (SSSR count). The molecular formula is C9H15N6+. The first kappa shape index (κ1) is 8.75. The molecule has 0 spiro atoms. The van der Waals surface area contributed by atoms with Gasteiger partial charge in [-0.25, -0.2) is 5.43 Å². The normalized spacial score (nSPS) is 25.4. The maximum Gasteiger partial charge on any atom is 0.181 e. The van der Waals surface area contributed by atoms with Gasteiger partial charge in [0.15, 0.2) is 5.82 Å². The number of nitrogens with one attached hydrogen (secondary N) is 3. The number of H-pyrrole nitrogens is 1. The van der Waals surface area contributed by atoms with Gasteiger partial charge in [0.2, 0.25) is 0 Å². The van der Waals surface area contributed by atoms with Crippen LogP contribution in [-0.2, 0) is 0 Å². The first-order chi connectivity index (χ1) is 7.34. The van der Waals surface area contributed by atoms with Crippen LogP contribution < -0.4 is 21.3 Å². The summed E-state index contributed by atoms with van der Waals surface area (Å²) in [7, 11) is 0. The second-order valence-corrected chi connectivity index (χ2v) is 4.00. The predicted molar refractivity (Wildman–Crippen MR) is 55.2 cm³/mol. The van der Waals surface area contributed by atoms with E-state index in [0.29, 0.717) is 6.04 Å². The molecule has 2 aliphatic heterocycles. The highest BCUT2D eigenvalue weighted by Crippen LogP contribution is 2.21. The van der Waals surface area contributed by atoms with E-state index in [2.05, 4.69) is 32.9 Å². The number of aromatic nitrogens is 2. The predicted octanol–water partition coefficient (Wildman–Crippen LogP) is -1.19. The Morgan fingerprint density at radius 3 is 3.33 bits per heavy atom. The van der Waals surface area contributed by atoms with Gasteiger partial charge in [-0.2, -0.15) is 10.1 Å². The zero-order valence-corrected chi connectivity index (χ0v) is 8.62. The van der Waals surface area contributed by atoms with Crippen LogP contribution in [-0.4, -0.2) is 22.8 Å². The molecule has 6 nitrogen and oxygen atoms in total. The van der Waals surface area contributed by atoms with Gasteiger partial charge in [0.1, 0.15) is 11.4 Å². The van der Waals surface area contributed by atoms with E-state index in [1.807, 2.05) is 11.6 Å². The number of hydrogen-bond acceptors (Lipinski definition) is 4. The molecule has 5 N–H and O–H groups in total. The number of quaternary nitrogens is 1. The lowest BCUT2D eigenvalue weighted by atomic mass is 10.1. The van der Waals surface area contributed by atoms with E-state index >= 15 is 0 Å². The van der Waals surface area contributed by atoms with Gasteiger partial charge in [0.05, 0.1) is 6.20 Å². The number of rotatable bonds is 1. The second kappa shape index (κ2) is 3.25. The summed E-state index contributed by atoms with van der Waals surface area (Å²) < 4.78 is 0. The summed E-state index contributed by atoms with van der Waals surface area (Å²) >= 11 is 0. The number of nitrogens with two attached hydrogens (primary N) is 1. The van der Waals surface area contributed by atoms with Crippen molar-refractivity contribution in [1.29, 1.82) is 0 Å². The van der Waals surface area contributed by atoms with Gasteiger partial charge in [-0.05, 0) is 6.92 Å². The summed E-state index contributed by atoms with van der Waals surface area (Å²) in [5.41, 5.74) is 7.88. The van der Waals surface area contributed by atoms with Gasteiger partial charge < -0.3 is 5.32 Å². The highest BCUT2D eigenvalue weighted by Gasteiger charge is 2.32. The molecule has 0 fully saturated rings. The third kappa shape index (κ3) is 1.38. The molecular weight excluding hydrogens is 192 g/mol. The average Bonchev–Trinajstić information content (AvgIpc) is 2.83. The summed E-state index contributed by atoms with van der Waals surface area (Å²) in [4.78, 5) is 0. The fraction of sp³-hybridized carbons (Fsp3) is 0.444. The lowest BCUT2D eigenvalue weighted by Gasteiger charge is -2.22. The van der Waals surface area contributed by atoms with E-state index in [4.69, 9.17) is 0 Å². The first-order valence-electron chi connectivity index (χ1n) is 5.18. The van der Waals surface area contributed by atoms with Crippen LogP contribution in [0.25, 0.3) is 0 Å². The molecule has 6 heteroatoms. The van der Waals surface area contributed by atoms with Crippen LogP contribution in [0.4, 0.5) is 5.82 Å². The van der Waals surface area contributed by atoms with E-state index < -0.39 is 0 Å². The Bertz CT molecular complexity index is 381. The van der Waals surface area contributed by atoms with Gasteiger partial charge in [-0.3, -0.25) is 5.10 Å². The van der Waals surface area contributed by atoms with Crippen molar-refractivity contribution in [3.05, 3.63) is 23.7 Å². The van der Waals surface area contributed by atoms with Crippen molar-refractivity contribution < 1.29 is 5.53 Å². The molecule has 0 aromatic carbocycles. The maximum absolute atomic E-state index is 3.97. The van der Waals surface area contributed by atoms with Crippen molar-refractivity contribution in [2.45, 2.75) is 19.4 Å². The van der Waals surface area contributed by atoms with Crippen molar-refractivity contribution in [2.24, 2.45) is 0 Å². The molecule has 2 aliphatic rings. The molecule has 15 heavy (non-hydrogen) atoms. The zero-order valence-electron chi connectivity index (χ0n) is 8.62. The van der Waals surface area contributed by atoms with Crippen molar-refractivity contribution in [1.82, 2.24) is 20.9 Å². The zero-order chi connectivity index (χ0) is 10.3. The Hall–Kier alpha value is -1.53. The van der Waals surface area contributed by atoms with E-state index in [1.165, 1.54) is 11.4 Å². The minimum Gasteiger partial charge on any atom is -0.308 e. The van der Waals surface area contributed by atoms with Crippen LogP contribution in [0.15, 0.2) is 23.7 Å². The van der Waals surface area contributed by atoms with Crippen LogP contribution >= 0.6 is 0 Å². The van der Waals surface area contributed by atoms with Crippen LogP contribution in [0.3, 0.4) is 0 Å². The number of aromatic amines is 1. The van der Waals surface area contributed by atoms with Crippen LogP contribution in [0.2, 0.25) is 0 Å². The molecule has 0 saturated heterocycles. The van der Waals surface area contributed by atoms with Crippen LogP contribution in [0.5, 0.6) is 0 Å². The topological polar surface area (TPSA) is 72.6 Å². The van der Waals surface area contributed by atoms with Gasteiger partial charge in [0.25, 0.3) is 0 Å². The van der Waals surface area contributed by atoms with Crippen LogP contribution in [0, 0.1) is 0 Å². The summed E-state index contributed by atoms with van der Waals surface area (Å²) in [6.45, 7) is 3.12. The van der Waals surface area contributed by atoms with Crippen molar-refractivity contribution in [3.8, 4) is 0 Å². The van der Waals surface area contributed by atoms with E-state index in [9.17, 15) is 0 Å². The first-order valence-corrected chi connectivity index (χ1v) is 5.18. The molecule has 0 amide bonds. The molecule has 80 valence electrons. The van der Waals surface area contributed by atoms with Crippen LogP contribution in [0.1, 0.15) is 13.3 Å². The Morgan fingerprint density at radius 2 is 2.53 bits per heavy atom. The lowest BCUT2D eigenvalue weighted by molar-refractivity contribution is -0.701. The highest BCUT2D eigenvalue weighted by molar-refractivity contribution is 5.44. The summed E-state index contributed by atoms with van der Waals surface area (Å²) in [5, 5.41) is 12.5. The molecule has 0 aliphatic carbocycles. The van der Waals surface area contributed by atoms with E-state index in [-0.39, 0.29) is 0 Å². The van der Waals surface area contributed by atoms with Gasteiger partial charge in [-0.1, -0.05) is 0 Å². The quantitative estimate of drug-likeness (QED) is 0.437. The summed E-state index contributed by atoms with van der Waals surface area (Å²) in [6, 6.07) is 2.50. The molecule has 0 radical (unpaired) electrons. The molecule has 3 heterocycles. The second-order valence-electron chi connectivity index (χ2n) is 4.00. The standard InChI is InChI=1S/C9H14N6/c1-6-4-8-7(5-10-6)12-14-15(8)9-2-3-11-13-9/h2-3,6,10,12,14H,4-5H2,1H3,(H,11,13)/p+1. The number of nitrogens with zero attached hydrogens (tertiary/aromatic N) is 2. The maximum atomic E-state index is 3.97. The molecule has 1 atom stereocenters. The summed E-state index contributed by atoms with van der Waals surface area (Å²) in [6.07, 6.45) is 2.81. The van der Waals surface area contributed by atoms with E-state index in [1.54, 1.807) is 6.20 Å².